The summed E-state index contributed by atoms with van der Waals surface area (Å²) in [6, 6.07) is 7.92. The number of ether oxygens (including phenoxy) is 1. The summed E-state index contributed by atoms with van der Waals surface area (Å²) in [6.07, 6.45) is 11.9. The molecular weight excluding hydrogens is 258 g/mol. The zero-order valence-electron chi connectivity index (χ0n) is 12.8. The number of rotatable bonds is 3. The minimum atomic E-state index is 0.831. The number of hydrogen-bond acceptors (Lipinski definition) is 2. The van der Waals surface area contributed by atoms with Crippen molar-refractivity contribution >= 4 is 5.57 Å². The maximum atomic E-state index is 5.68. The Morgan fingerprint density at radius 2 is 2.05 bits per heavy atom. The molecule has 2 rings (SSSR count). The Hall–Kier alpha value is -2.48. The van der Waals surface area contributed by atoms with Gasteiger partial charge in [-0.2, -0.15) is 0 Å². The van der Waals surface area contributed by atoms with Crippen LogP contribution >= 0.6 is 0 Å². The van der Waals surface area contributed by atoms with Crippen LogP contribution in [0, 0.1) is 0 Å². The number of likely N-dealkylation sites (N-methyl/N-ethyl adjacent to an activating group) is 1. The quantitative estimate of drug-likeness (QED) is 0.729. The van der Waals surface area contributed by atoms with E-state index in [0.29, 0.717) is 0 Å². The largest absolute Gasteiger partial charge is 0.464 e. The van der Waals surface area contributed by atoms with Crippen LogP contribution in [-0.2, 0) is 0 Å². The number of benzene rings is 1. The SMILES string of the molecule is C=C1/C=C(N(C)/C=C\C(C)=C/C)\C=C/Oc2ccccc21. The van der Waals surface area contributed by atoms with Crippen molar-refractivity contribution in [3.8, 4) is 5.75 Å². The molecule has 0 fully saturated rings. The second-order valence-corrected chi connectivity index (χ2v) is 4.97. The zero-order valence-corrected chi connectivity index (χ0v) is 12.8. The highest BCUT2D eigenvalue weighted by atomic mass is 16.5. The van der Waals surface area contributed by atoms with Crippen molar-refractivity contribution in [3.63, 3.8) is 0 Å². The lowest BCUT2D eigenvalue weighted by molar-refractivity contribution is 0.474. The van der Waals surface area contributed by atoms with E-state index in [1.165, 1.54) is 5.57 Å². The molecule has 0 unspecified atom stereocenters. The molecule has 0 aromatic heterocycles. The van der Waals surface area contributed by atoms with Crippen LogP contribution in [0.2, 0.25) is 0 Å². The van der Waals surface area contributed by atoms with Gasteiger partial charge in [-0.25, -0.2) is 0 Å². The van der Waals surface area contributed by atoms with Crippen molar-refractivity contribution in [2.45, 2.75) is 13.8 Å². The predicted molar refractivity (Wildman–Crippen MR) is 89.7 cm³/mol. The van der Waals surface area contributed by atoms with Gasteiger partial charge in [-0.3, -0.25) is 0 Å². The normalized spacial score (nSPS) is 19.1. The smallest absolute Gasteiger partial charge is 0.134 e. The number of para-hydroxylation sites is 1. The van der Waals surface area contributed by atoms with Crippen molar-refractivity contribution in [3.05, 3.63) is 84.4 Å². The van der Waals surface area contributed by atoms with E-state index in [4.69, 9.17) is 4.74 Å². The van der Waals surface area contributed by atoms with Crippen molar-refractivity contribution < 1.29 is 4.74 Å². The number of hydrogen-bond donors (Lipinski definition) is 0. The van der Waals surface area contributed by atoms with Gasteiger partial charge >= 0.3 is 0 Å². The molecule has 1 heterocycles. The van der Waals surface area contributed by atoms with Gasteiger partial charge in [0.25, 0.3) is 0 Å². The van der Waals surface area contributed by atoms with Crippen LogP contribution in [0.25, 0.3) is 5.57 Å². The highest BCUT2D eigenvalue weighted by Crippen LogP contribution is 2.29. The van der Waals surface area contributed by atoms with Crippen LogP contribution in [0.1, 0.15) is 19.4 Å². The van der Waals surface area contributed by atoms with Gasteiger partial charge in [-0.05, 0) is 43.7 Å². The monoisotopic (exact) mass is 279 g/mol. The van der Waals surface area contributed by atoms with Crippen molar-refractivity contribution in [1.82, 2.24) is 4.90 Å². The molecule has 0 N–H and O–H groups in total. The molecule has 0 spiro atoms. The van der Waals surface area contributed by atoms with Gasteiger partial charge in [0.1, 0.15) is 5.75 Å². The van der Waals surface area contributed by atoms with Crippen LogP contribution in [0.3, 0.4) is 0 Å². The molecule has 0 amide bonds. The van der Waals surface area contributed by atoms with E-state index in [2.05, 4.69) is 31.7 Å². The lowest BCUT2D eigenvalue weighted by atomic mass is 10.0. The second-order valence-electron chi connectivity index (χ2n) is 4.97. The summed E-state index contributed by atoms with van der Waals surface area (Å²) in [5.74, 6) is 0.831. The first-order valence-electron chi connectivity index (χ1n) is 6.99. The predicted octanol–water partition coefficient (Wildman–Crippen LogP) is 4.90. The Bertz CT molecular complexity index is 647. The molecular formula is C19H21NO. The van der Waals surface area contributed by atoms with Crippen molar-refractivity contribution in [1.29, 1.82) is 0 Å². The molecule has 2 nitrogen and oxygen atoms in total. The topological polar surface area (TPSA) is 12.5 Å². The van der Waals surface area contributed by atoms with E-state index in [1.54, 1.807) is 6.26 Å². The molecule has 0 atom stereocenters. The third-order valence-electron chi connectivity index (χ3n) is 3.41. The Labute approximate surface area is 127 Å². The summed E-state index contributed by atoms with van der Waals surface area (Å²) in [6.45, 7) is 8.25. The van der Waals surface area contributed by atoms with Crippen LogP contribution < -0.4 is 4.74 Å². The van der Waals surface area contributed by atoms with E-state index in [0.717, 1.165) is 22.6 Å². The summed E-state index contributed by atoms with van der Waals surface area (Å²) in [4.78, 5) is 2.05. The first-order chi connectivity index (χ1) is 10.1. The lowest BCUT2D eigenvalue weighted by Crippen LogP contribution is -2.10. The molecule has 0 saturated carbocycles. The highest BCUT2D eigenvalue weighted by Gasteiger charge is 2.09. The van der Waals surface area contributed by atoms with E-state index in [9.17, 15) is 0 Å². The molecule has 1 aliphatic heterocycles. The van der Waals surface area contributed by atoms with Crippen molar-refractivity contribution in [2.75, 3.05) is 7.05 Å². The van der Waals surface area contributed by atoms with Gasteiger partial charge in [0.15, 0.2) is 0 Å². The minimum absolute atomic E-state index is 0.831. The van der Waals surface area contributed by atoms with Crippen LogP contribution in [0.4, 0.5) is 0 Å². The Balaban J connectivity index is 2.28. The van der Waals surface area contributed by atoms with Crippen LogP contribution in [0.15, 0.2) is 78.9 Å². The summed E-state index contributed by atoms with van der Waals surface area (Å²) in [5, 5.41) is 0. The maximum Gasteiger partial charge on any atom is 0.134 e. The van der Waals surface area contributed by atoms with Crippen LogP contribution in [-0.4, -0.2) is 11.9 Å². The van der Waals surface area contributed by atoms with Gasteiger partial charge in [0.2, 0.25) is 0 Å². The van der Waals surface area contributed by atoms with Gasteiger partial charge in [0.05, 0.1) is 6.26 Å². The Kier molecular flexibility index (Phi) is 4.83. The van der Waals surface area contributed by atoms with E-state index in [-0.39, 0.29) is 0 Å². The number of nitrogens with zero attached hydrogens (tertiary/aromatic N) is 1. The van der Waals surface area contributed by atoms with Gasteiger partial charge in [-0.1, -0.05) is 36.4 Å². The average Bonchev–Trinajstić information content (AvgIpc) is 2.49. The summed E-state index contributed by atoms with van der Waals surface area (Å²) < 4.78 is 5.68. The Morgan fingerprint density at radius 3 is 2.81 bits per heavy atom. The van der Waals surface area contributed by atoms with Gasteiger partial charge < -0.3 is 9.64 Å². The fourth-order valence-electron chi connectivity index (χ4n) is 1.95. The molecule has 108 valence electrons. The molecule has 1 aliphatic rings. The Morgan fingerprint density at radius 1 is 1.29 bits per heavy atom. The highest BCUT2D eigenvalue weighted by molar-refractivity contribution is 5.77. The summed E-state index contributed by atoms with van der Waals surface area (Å²) in [5.41, 5.74) is 4.20. The second kappa shape index (κ2) is 6.80. The van der Waals surface area contributed by atoms with E-state index >= 15 is 0 Å². The molecule has 1 aromatic rings. The van der Waals surface area contributed by atoms with E-state index in [1.807, 2.05) is 55.4 Å². The molecule has 0 bridgehead atoms. The van der Waals surface area contributed by atoms with Gasteiger partial charge in [0, 0.05) is 24.5 Å². The number of fused-ring (bicyclic) bond motifs is 1. The van der Waals surface area contributed by atoms with E-state index < -0.39 is 0 Å². The van der Waals surface area contributed by atoms with Crippen molar-refractivity contribution in [2.24, 2.45) is 0 Å². The zero-order chi connectivity index (χ0) is 15.2. The lowest BCUT2D eigenvalue weighted by Gasteiger charge is -2.19. The number of allylic oxidation sites excluding steroid dienone is 6. The maximum absolute atomic E-state index is 5.68. The standard InChI is InChI=1S/C19H21NO/c1-5-15(2)10-12-20(4)17-11-13-21-19-9-7-6-8-18(19)16(3)14-17/h5-14H,3H2,1-2,4H3/b12-10-,13-11-,15-5-,17-14+. The van der Waals surface area contributed by atoms with Crippen LogP contribution in [0.5, 0.6) is 5.75 Å². The molecule has 1 aromatic carbocycles. The molecule has 2 heteroatoms. The first-order valence-corrected chi connectivity index (χ1v) is 6.99. The minimum Gasteiger partial charge on any atom is -0.464 e. The third-order valence-corrected chi connectivity index (χ3v) is 3.41. The molecule has 21 heavy (non-hydrogen) atoms. The third kappa shape index (κ3) is 3.76. The van der Waals surface area contributed by atoms with Gasteiger partial charge in [-0.15, -0.1) is 0 Å². The summed E-state index contributed by atoms with van der Waals surface area (Å²) >= 11 is 0. The fraction of sp³-hybridized carbons (Fsp3) is 0.158. The average molecular weight is 279 g/mol. The molecule has 0 aliphatic carbocycles. The summed E-state index contributed by atoms with van der Waals surface area (Å²) in [7, 11) is 2.01. The molecule has 0 radical (unpaired) electrons. The fourth-order valence-corrected chi connectivity index (χ4v) is 1.95. The first kappa shape index (κ1) is 14.9. The molecule has 0 saturated heterocycles.